The van der Waals surface area contributed by atoms with E-state index >= 15 is 0 Å². The molecule has 0 spiro atoms. The SMILES string of the molecule is O=C(CSc1nc(=O)n(Cc2ccccn2)c2c1CCCC2)N1CCCCCC1. The van der Waals surface area contributed by atoms with Crippen molar-refractivity contribution >= 4 is 17.7 Å². The Morgan fingerprint density at radius 2 is 1.83 bits per heavy atom. The Morgan fingerprint density at radius 1 is 1.03 bits per heavy atom. The molecule has 7 heteroatoms. The van der Waals surface area contributed by atoms with E-state index in [1.165, 1.54) is 24.6 Å². The molecule has 1 aliphatic heterocycles. The Hall–Kier alpha value is -2.15. The second kappa shape index (κ2) is 9.57. The summed E-state index contributed by atoms with van der Waals surface area (Å²) >= 11 is 1.44. The van der Waals surface area contributed by atoms with Gasteiger partial charge in [0.2, 0.25) is 5.91 Å². The van der Waals surface area contributed by atoms with Gasteiger partial charge in [-0.3, -0.25) is 14.3 Å². The molecule has 3 heterocycles. The van der Waals surface area contributed by atoms with Gasteiger partial charge in [0.25, 0.3) is 0 Å². The summed E-state index contributed by atoms with van der Waals surface area (Å²) in [6, 6.07) is 5.75. The van der Waals surface area contributed by atoms with Gasteiger partial charge in [0.05, 0.1) is 18.0 Å². The van der Waals surface area contributed by atoms with Crippen LogP contribution >= 0.6 is 11.8 Å². The zero-order valence-corrected chi connectivity index (χ0v) is 17.6. The van der Waals surface area contributed by atoms with Crippen molar-refractivity contribution in [3.8, 4) is 0 Å². The van der Waals surface area contributed by atoms with E-state index in [1.54, 1.807) is 10.8 Å². The van der Waals surface area contributed by atoms with Crippen molar-refractivity contribution in [2.75, 3.05) is 18.8 Å². The number of likely N-dealkylation sites (tertiary alicyclic amines) is 1. The van der Waals surface area contributed by atoms with Crippen molar-refractivity contribution in [3.63, 3.8) is 0 Å². The molecule has 0 aromatic carbocycles. The minimum atomic E-state index is -0.235. The fraction of sp³-hybridized carbons (Fsp3) is 0.545. The Kier molecular flexibility index (Phi) is 6.64. The number of hydrogen-bond acceptors (Lipinski definition) is 5. The number of hydrogen-bond donors (Lipinski definition) is 0. The van der Waals surface area contributed by atoms with Crippen LogP contribution in [0.2, 0.25) is 0 Å². The Labute approximate surface area is 175 Å². The minimum Gasteiger partial charge on any atom is -0.342 e. The van der Waals surface area contributed by atoms with E-state index in [0.29, 0.717) is 12.3 Å². The number of aromatic nitrogens is 3. The standard InChI is InChI=1S/C22H28N4O2S/c27-20(25-13-7-1-2-8-14-25)16-29-21-18-10-3-4-11-19(18)26(22(28)24-21)15-17-9-5-6-12-23-17/h5-6,9,12H,1-4,7-8,10-11,13-16H2. The Bertz CT molecular complexity index is 905. The van der Waals surface area contributed by atoms with E-state index in [2.05, 4.69) is 9.97 Å². The molecule has 0 radical (unpaired) electrons. The molecule has 2 aromatic heterocycles. The summed E-state index contributed by atoms with van der Waals surface area (Å²) in [5, 5.41) is 0.755. The van der Waals surface area contributed by atoms with E-state index in [-0.39, 0.29) is 11.6 Å². The van der Waals surface area contributed by atoms with Crippen LogP contribution in [-0.4, -0.2) is 44.2 Å². The number of nitrogens with zero attached hydrogens (tertiary/aromatic N) is 4. The summed E-state index contributed by atoms with van der Waals surface area (Å²) in [5.41, 5.74) is 2.86. The van der Waals surface area contributed by atoms with Gasteiger partial charge in [0.15, 0.2) is 0 Å². The van der Waals surface area contributed by atoms with Gasteiger partial charge in [-0.25, -0.2) is 4.79 Å². The van der Waals surface area contributed by atoms with Gasteiger partial charge in [-0.15, -0.1) is 0 Å². The lowest BCUT2D eigenvalue weighted by atomic mass is 9.97. The van der Waals surface area contributed by atoms with Gasteiger partial charge in [-0.05, 0) is 50.7 Å². The second-order valence-corrected chi connectivity index (χ2v) is 8.79. The van der Waals surface area contributed by atoms with Gasteiger partial charge in [-0.1, -0.05) is 30.7 Å². The number of rotatable bonds is 5. The van der Waals surface area contributed by atoms with Crippen molar-refractivity contribution in [1.29, 1.82) is 0 Å². The molecule has 29 heavy (non-hydrogen) atoms. The minimum absolute atomic E-state index is 0.168. The van der Waals surface area contributed by atoms with Crippen molar-refractivity contribution in [2.24, 2.45) is 0 Å². The molecule has 0 saturated carbocycles. The first-order valence-corrected chi connectivity index (χ1v) is 11.6. The molecule has 2 aliphatic rings. The summed E-state index contributed by atoms with van der Waals surface area (Å²) < 4.78 is 1.78. The highest BCUT2D eigenvalue weighted by atomic mass is 32.2. The van der Waals surface area contributed by atoms with Crippen molar-refractivity contribution in [1.82, 2.24) is 19.4 Å². The predicted molar refractivity (Wildman–Crippen MR) is 114 cm³/mol. The fourth-order valence-electron chi connectivity index (χ4n) is 4.23. The third kappa shape index (κ3) is 4.89. The lowest BCUT2D eigenvalue weighted by molar-refractivity contribution is -0.128. The first kappa shape index (κ1) is 20.1. The monoisotopic (exact) mass is 412 g/mol. The molecule has 1 saturated heterocycles. The molecule has 6 nitrogen and oxygen atoms in total. The van der Waals surface area contributed by atoms with E-state index in [0.717, 1.165) is 73.6 Å². The third-order valence-electron chi connectivity index (χ3n) is 5.79. The van der Waals surface area contributed by atoms with Crippen molar-refractivity contribution in [2.45, 2.75) is 62.9 Å². The molecule has 0 bridgehead atoms. The molecule has 0 N–H and O–H groups in total. The average molecular weight is 413 g/mol. The summed E-state index contributed by atoms with van der Waals surface area (Å²) in [6.45, 7) is 2.17. The zero-order chi connectivity index (χ0) is 20.1. The van der Waals surface area contributed by atoms with Crippen molar-refractivity contribution < 1.29 is 4.79 Å². The Morgan fingerprint density at radius 3 is 2.59 bits per heavy atom. The average Bonchev–Trinajstić information content (AvgIpc) is 3.05. The highest BCUT2D eigenvalue weighted by Crippen LogP contribution is 2.29. The highest BCUT2D eigenvalue weighted by Gasteiger charge is 2.22. The van der Waals surface area contributed by atoms with Crippen LogP contribution in [0.3, 0.4) is 0 Å². The van der Waals surface area contributed by atoms with Gasteiger partial charge in [0, 0.05) is 30.5 Å². The van der Waals surface area contributed by atoms with E-state index in [9.17, 15) is 9.59 Å². The van der Waals surface area contributed by atoms with Crippen LogP contribution in [0.1, 0.15) is 55.5 Å². The Balaban J connectivity index is 1.54. The highest BCUT2D eigenvalue weighted by molar-refractivity contribution is 7.99. The number of thioether (sulfide) groups is 1. The van der Waals surface area contributed by atoms with Crippen molar-refractivity contribution in [3.05, 3.63) is 51.8 Å². The van der Waals surface area contributed by atoms with E-state index in [4.69, 9.17) is 0 Å². The van der Waals surface area contributed by atoms with Crippen LogP contribution in [0.5, 0.6) is 0 Å². The normalized spacial score (nSPS) is 16.9. The first-order chi connectivity index (χ1) is 14.2. The van der Waals surface area contributed by atoms with Crippen LogP contribution in [0.4, 0.5) is 0 Å². The van der Waals surface area contributed by atoms with E-state index in [1.807, 2.05) is 23.1 Å². The smallest absolute Gasteiger partial charge is 0.342 e. The number of pyridine rings is 1. The van der Waals surface area contributed by atoms with Gasteiger partial charge >= 0.3 is 5.69 Å². The molecular formula is C22H28N4O2S. The van der Waals surface area contributed by atoms with E-state index < -0.39 is 0 Å². The molecule has 0 atom stereocenters. The summed E-state index contributed by atoms with van der Waals surface area (Å²) in [4.78, 5) is 36.2. The van der Waals surface area contributed by atoms with Gasteiger partial charge in [-0.2, -0.15) is 4.98 Å². The predicted octanol–water partition coefficient (Wildman–Crippen LogP) is 3.06. The molecular weight excluding hydrogens is 384 g/mol. The van der Waals surface area contributed by atoms with Crippen LogP contribution in [0, 0.1) is 0 Å². The second-order valence-electron chi connectivity index (χ2n) is 7.82. The molecule has 0 unspecified atom stereocenters. The lowest BCUT2D eigenvalue weighted by Crippen LogP contribution is -2.34. The lowest BCUT2D eigenvalue weighted by Gasteiger charge is -2.23. The summed E-state index contributed by atoms with van der Waals surface area (Å²) in [7, 11) is 0. The third-order valence-corrected chi connectivity index (χ3v) is 6.79. The first-order valence-electron chi connectivity index (χ1n) is 10.7. The van der Waals surface area contributed by atoms with Gasteiger partial charge in [0.1, 0.15) is 5.03 Å². The molecule has 1 amide bonds. The van der Waals surface area contributed by atoms with Gasteiger partial charge < -0.3 is 4.90 Å². The number of fused-ring (bicyclic) bond motifs is 1. The number of carbonyl (C=O) groups excluding carboxylic acids is 1. The van der Waals surface area contributed by atoms with Crippen LogP contribution in [0.15, 0.2) is 34.2 Å². The molecule has 2 aromatic rings. The summed E-state index contributed by atoms with van der Waals surface area (Å²) in [6.07, 6.45) is 10.3. The molecule has 1 fully saturated rings. The molecule has 4 rings (SSSR count). The maximum Gasteiger partial charge on any atom is 0.349 e. The van der Waals surface area contributed by atoms with Crippen LogP contribution in [0.25, 0.3) is 0 Å². The number of amides is 1. The molecule has 1 aliphatic carbocycles. The maximum absolute atomic E-state index is 12.8. The van der Waals surface area contributed by atoms with Crippen LogP contribution < -0.4 is 5.69 Å². The zero-order valence-electron chi connectivity index (χ0n) is 16.8. The molecule has 154 valence electrons. The quantitative estimate of drug-likeness (QED) is 0.558. The van der Waals surface area contributed by atoms with Crippen LogP contribution in [-0.2, 0) is 24.2 Å². The maximum atomic E-state index is 12.8. The fourth-order valence-corrected chi connectivity index (χ4v) is 5.20. The number of carbonyl (C=O) groups is 1. The largest absolute Gasteiger partial charge is 0.349 e. The topological polar surface area (TPSA) is 68.1 Å². The summed E-state index contributed by atoms with van der Waals surface area (Å²) in [5.74, 6) is 0.532.